The molecule has 4 aliphatic rings. The van der Waals surface area contributed by atoms with Gasteiger partial charge in [-0.15, -0.1) is 0 Å². The average Bonchev–Trinajstić information content (AvgIpc) is 2.86. The Balaban J connectivity index is 1.68. The molecule has 0 heterocycles. The minimum atomic E-state index is -0.786. The summed E-state index contributed by atoms with van der Waals surface area (Å²) in [7, 11) is 0. The highest BCUT2D eigenvalue weighted by Gasteiger charge is 2.62. The topological polar surface area (TPSA) is 77.8 Å². The number of aliphatic hydroxyl groups excluding tert-OH is 3. The van der Waals surface area contributed by atoms with Crippen LogP contribution >= 0.6 is 0 Å². The predicted octanol–water partition coefficient (Wildman–Crippen LogP) is 2.46. The molecule has 4 rings (SSSR count). The highest BCUT2D eigenvalue weighted by atomic mass is 16.3. The number of carbonyl (C=O) groups is 1. The lowest BCUT2D eigenvalue weighted by atomic mass is 9.47. The number of aliphatic hydroxyl groups is 3. The second-order valence-corrected chi connectivity index (χ2v) is 9.60. The van der Waals surface area contributed by atoms with Crippen molar-refractivity contribution >= 4 is 5.78 Å². The normalized spacial score (nSPS) is 50.5. The summed E-state index contributed by atoms with van der Waals surface area (Å²) in [6.45, 7) is 4.27. The minimum absolute atomic E-state index is 0.0129. The first kappa shape index (κ1) is 17.7. The third kappa shape index (κ3) is 2.40. The molecule has 0 aromatic rings. The summed E-state index contributed by atoms with van der Waals surface area (Å²) in [4.78, 5) is 13.0. The molecule has 0 saturated heterocycles. The Morgan fingerprint density at radius 1 is 1.24 bits per heavy atom. The molecule has 0 radical (unpaired) electrons. The zero-order valence-corrected chi connectivity index (χ0v) is 15.4. The lowest BCUT2D eigenvalue weighted by molar-refractivity contribution is -0.131. The van der Waals surface area contributed by atoms with Crippen LogP contribution in [0.3, 0.4) is 0 Å². The number of Topliss-reactive ketones (excluding diaryl/α,β-unsaturated/α-hetero) is 1. The first-order valence-corrected chi connectivity index (χ1v) is 10.0. The molecule has 3 N–H and O–H groups in total. The van der Waals surface area contributed by atoms with E-state index < -0.39 is 6.10 Å². The molecule has 0 aromatic heterocycles. The SMILES string of the molecule is C[C@]12CC[C@H]3[C@@H](CC=C4C[C@@H](O)CC[C@@]43C)[C@@H]1C(=O)C[C@H]2[C@H](O)CO. The summed E-state index contributed by atoms with van der Waals surface area (Å²) in [5.74, 6) is 1.06. The molecule has 4 nitrogen and oxygen atoms in total. The Hall–Kier alpha value is -0.710. The molecule has 0 aromatic carbocycles. The molecule has 140 valence electrons. The van der Waals surface area contributed by atoms with Crippen LogP contribution in [-0.4, -0.2) is 39.9 Å². The van der Waals surface area contributed by atoms with Crippen LogP contribution in [-0.2, 0) is 4.79 Å². The lowest BCUT2D eigenvalue weighted by Crippen LogP contribution is -2.52. The average molecular weight is 348 g/mol. The molecule has 0 bridgehead atoms. The van der Waals surface area contributed by atoms with Gasteiger partial charge in [0.1, 0.15) is 5.78 Å². The Bertz CT molecular complexity index is 599. The summed E-state index contributed by atoms with van der Waals surface area (Å²) in [6.07, 6.45) is 7.38. The van der Waals surface area contributed by atoms with Gasteiger partial charge in [0.05, 0.1) is 18.8 Å². The van der Waals surface area contributed by atoms with E-state index in [-0.39, 0.29) is 35.4 Å². The lowest BCUT2D eigenvalue weighted by Gasteiger charge is -2.57. The maximum Gasteiger partial charge on any atom is 0.137 e. The van der Waals surface area contributed by atoms with Gasteiger partial charge in [-0.25, -0.2) is 0 Å². The summed E-state index contributed by atoms with van der Waals surface area (Å²) in [5, 5.41) is 29.8. The summed E-state index contributed by atoms with van der Waals surface area (Å²) in [5.41, 5.74) is 1.35. The largest absolute Gasteiger partial charge is 0.394 e. The minimum Gasteiger partial charge on any atom is -0.394 e. The highest BCUT2D eigenvalue weighted by Crippen LogP contribution is 2.65. The molecule has 25 heavy (non-hydrogen) atoms. The molecule has 0 amide bonds. The van der Waals surface area contributed by atoms with Gasteiger partial charge in [-0.2, -0.15) is 0 Å². The molecule has 3 saturated carbocycles. The molecule has 3 fully saturated rings. The van der Waals surface area contributed by atoms with E-state index >= 15 is 0 Å². The first-order valence-electron chi connectivity index (χ1n) is 10.0. The molecule has 0 unspecified atom stereocenters. The molecule has 4 heteroatoms. The van der Waals surface area contributed by atoms with Crippen molar-refractivity contribution in [2.24, 2.45) is 34.5 Å². The van der Waals surface area contributed by atoms with Gasteiger partial charge < -0.3 is 15.3 Å². The van der Waals surface area contributed by atoms with E-state index in [1.165, 1.54) is 5.57 Å². The molecule has 4 aliphatic carbocycles. The van der Waals surface area contributed by atoms with E-state index in [0.29, 0.717) is 24.0 Å². The van der Waals surface area contributed by atoms with E-state index in [1.807, 2.05) is 0 Å². The first-order chi connectivity index (χ1) is 11.8. The Morgan fingerprint density at radius 3 is 2.72 bits per heavy atom. The van der Waals surface area contributed by atoms with Crippen molar-refractivity contribution < 1.29 is 20.1 Å². The molecular weight excluding hydrogens is 316 g/mol. The maximum atomic E-state index is 13.0. The van der Waals surface area contributed by atoms with Crippen LogP contribution in [0.4, 0.5) is 0 Å². The Labute approximate surface area is 150 Å². The van der Waals surface area contributed by atoms with Crippen LogP contribution in [0, 0.1) is 34.5 Å². The summed E-state index contributed by atoms with van der Waals surface area (Å²) < 4.78 is 0. The molecule has 0 aliphatic heterocycles. The number of carbonyl (C=O) groups excluding carboxylic acids is 1. The van der Waals surface area contributed by atoms with Gasteiger partial charge in [-0.1, -0.05) is 25.5 Å². The number of allylic oxidation sites excluding steroid dienone is 1. The third-order valence-corrected chi connectivity index (χ3v) is 8.56. The van der Waals surface area contributed by atoms with Gasteiger partial charge in [0.15, 0.2) is 0 Å². The van der Waals surface area contributed by atoms with Crippen molar-refractivity contribution in [2.45, 2.75) is 71.0 Å². The van der Waals surface area contributed by atoms with E-state index in [0.717, 1.165) is 38.5 Å². The third-order valence-electron chi connectivity index (χ3n) is 8.56. The van der Waals surface area contributed by atoms with Crippen LogP contribution in [0.5, 0.6) is 0 Å². The standard InChI is InChI=1S/C21H32O4/c1-20-7-5-13(23)9-12(20)3-4-14-15(20)6-8-21(2)16(18(25)11-22)10-17(24)19(14)21/h3,13-16,18-19,22-23,25H,4-11H2,1-2H3/t13-,14+,15-,16-,18+,19+,20-,21+/m0/s1. The van der Waals surface area contributed by atoms with Gasteiger partial charge in [0.25, 0.3) is 0 Å². The second kappa shape index (κ2) is 5.90. The number of fused-ring (bicyclic) bond motifs is 5. The van der Waals surface area contributed by atoms with Crippen molar-refractivity contribution in [1.29, 1.82) is 0 Å². The number of hydrogen-bond acceptors (Lipinski definition) is 4. The van der Waals surface area contributed by atoms with Crippen LogP contribution < -0.4 is 0 Å². The van der Waals surface area contributed by atoms with Gasteiger partial charge >= 0.3 is 0 Å². The van der Waals surface area contributed by atoms with Gasteiger partial charge in [-0.05, 0) is 61.2 Å². The van der Waals surface area contributed by atoms with Crippen LogP contribution in [0.1, 0.15) is 58.8 Å². The molecule has 8 atom stereocenters. The van der Waals surface area contributed by atoms with E-state index in [2.05, 4.69) is 19.9 Å². The molecule has 0 spiro atoms. The zero-order chi connectivity index (χ0) is 18.0. The highest BCUT2D eigenvalue weighted by molar-refractivity contribution is 5.85. The number of hydrogen-bond donors (Lipinski definition) is 3. The zero-order valence-electron chi connectivity index (χ0n) is 15.4. The van der Waals surface area contributed by atoms with Crippen LogP contribution in [0.15, 0.2) is 11.6 Å². The van der Waals surface area contributed by atoms with Crippen molar-refractivity contribution in [2.75, 3.05) is 6.61 Å². The fourth-order valence-corrected chi connectivity index (χ4v) is 7.19. The second-order valence-electron chi connectivity index (χ2n) is 9.60. The van der Waals surface area contributed by atoms with E-state index in [9.17, 15) is 20.1 Å². The summed E-state index contributed by atoms with van der Waals surface area (Å²) >= 11 is 0. The molecular formula is C21H32O4. The maximum absolute atomic E-state index is 13.0. The van der Waals surface area contributed by atoms with E-state index in [4.69, 9.17) is 0 Å². The monoisotopic (exact) mass is 348 g/mol. The predicted molar refractivity (Wildman–Crippen MR) is 94.7 cm³/mol. The van der Waals surface area contributed by atoms with Gasteiger partial charge in [0.2, 0.25) is 0 Å². The van der Waals surface area contributed by atoms with Gasteiger partial charge in [-0.3, -0.25) is 4.79 Å². The number of rotatable bonds is 2. The van der Waals surface area contributed by atoms with Crippen LogP contribution in [0.2, 0.25) is 0 Å². The van der Waals surface area contributed by atoms with Crippen molar-refractivity contribution in [3.63, 3.8) is 0 Å². The smallest absolute Gasteiger partial charge is 0.137 e. The number of ketones is 1. The van der Waals surface area contributed by atoms with Crippen molar-refractivity contribution in [3.05, 3.63) is 11.6 Å². The summed E-state index contributed by atoms with van der Waals surface area (Å²) in [6, 6.07) is 0. The van der Waals surface area contributed by atoms with E-state index in [1.54, 1.807) is 0 Å². The fraction of sp³-hybridized carbons (Fsp3) is 0.857. The quantitative estimate of drug-likeness (QED) is 0.670. The van der Waals surface area contributed by atoms with Crippen molar-refractivity contribution in [1.82, 2.24) is 0 Å². The van der Waals surface area contributed by atoms with Crippen LogP contribution in [0.25, 0.3) is 0 Å². The Kier molecular flexibility index (Phi) is 4.17. The fourth-order valence-electron chi connectivity index (χ4n) is 7.19. The van der Waals surface area contributed by atoms with Gasteiger partial charge in [0, 0.05) is 18.3 Å². The van der Waals surface area contributed by atoms with Crippen molar-refractivity contribution in [3.8, 4) is 0 Å². The Morgan fingerprint density at radius 2 is 2.00 bits per heavy atom.